The highest BCUT2D eigenvalue weighted by Gasteiger charge is 2.44. The Labute approximate surface area is 134 Å². The number of nitrogens with zero attached hydrogens (tertiary/aromatic N) is 2. The zero-order chi connectivity index (χ0) is 17.1. The molecule has 0 spiro atoms. The Balaban J connectivity index is 2.06. The van der Waals surface area contributed by atoms with E-state index in [1.165, 1.54) is 0 Å². The van der Waals surface area contributed by atoms with Crippen LogP contribution in [0.4, 0.5) is 10.5 Å². The number of urea groups is 1. The van der Waals surface area contributed by atoms with Crippen LogP contribution in [0, 0.1) is 13.8 Å². The van der Waals surface area contributed by atoms with Gasteiger partial charge in [-0.2, -0.15) is 0 Å². The second kappa shape index (κ2) is 6.60. The smallest absolute Gasteiger partial charge is 0.325 e. The van der Waals surface area contributed by atoms with Crippen molar-refractivity contribution in [2.24, 2.45) is 0 Å². The molecule has 0 atom stereocenters. The number of imide groups is 2. The van der Waals surface area contributed by atoms with Crippen LogP contribution in [-0.2, 0) is 14.4 Å². The molecule has 1 fully saturated rings. The Bertz CT molecular complexity index is 664. The lowest BCUT2D eigenvalue weighted by Crippen LogP contribution is -2.39. The summed E-state index contributed by atoms with van der Waals surface area (Å²) in [5, 5.41) is 2.64. The summed E-state index contributed by atoms with van der Waals surface area (Å²) in [6.45, 7) is 5.28. The average molecular weight is 317 g/mol. The summed E-state index contributed by atoms with van der Waals surface area (Å²) in [5.74, 6) is -2.36. The van der Waals surface area contributed by atoms with Crippen LogP contribution >= 0.6 is 0 Å². The normalized spacial score (nSPS) is 14.7. The van der Waals surface area contributed by atoms with Gasteiger partial charge in [0.1, 0.15) is 6.54 Å². The van der Waals surface area contributed by atoms with Crippen molar-refractivity contribution < 1.29 is 19.2 Å². The zero-order valence-electron chi connectivity index (χ0n) is 13.4. The van der Waals surface area contributed by atoms with Gasteiger partial charge in [0.25, 0.3) is 0 Å². The van der Waals surface area contributed by atoms with Crippen LogP contribution in [0.2, 0.25) is 0 Å². The molecule has 122 valence electrons. The first-order valence-corrected chi connectivity index (χ1v) is 7.39. The molecule has 5 amide bonds. The van der Waals surface area contributed by atoms with Crippen molar-refractivity contribution in [1.29, 1.82) is 0 Å². The van der Waals surface area contributed by atoms with Crippen molar-refractivity contribution in [1.82, 2.24) is 9.80 Å². The lowest BCUT2D eigenvalue weighted by atomic mass is 10.1. The van der Waals surface area contributed by atoms with Gasteiger partial charge in [0.05, 0.1) is 0 Å². The SMILES string of the molecule is CCCN1C(=O)C(=O)N(CC(=O)Nc2cc(C)cc(C)c2)C1=O. The number of rotatable bonds is 5. The minimum absolute atomic E-state index is 0.165. The van der Waals surface area contributed by atoms with Crippen LogP contribution < -0.4 is 5.32 Å². The second-order valence-electron chi connectivity index (χ2n) is 5.56. The van der Waals surface area contributed by atoms with Crippen LogP contribution in [0.15, 0.2) is 18.2 Å². The molecule has 1 aliphatic rings. The summed E-state index contributed by atoms with van der Waals surface area (Å²) >= 11 is 0. The van der Waals surface area contributed by atoms with E-state index in [9.17, 15) is 19.2 Å². The maximum Gasteiger partial charge on any atom is 0.334 e. The van der Waals surface area contributed by atoms with Gasteiger partial charge in [-0.1, -0.05) is 13.0 Å². The molecule has 7 heteroatoms. The predicted molar refractivity (Wildman–Crippen MR) is 83.7 cm³/mol. The molecule has 0 radical (unpaired) electrons. The van der Waals surface area contributed by atoms with Crippen LogP contribution in [0.1, 0.15) is 24.5 Å². The largest absolute Gasteiger partial charge is 0.334 e. The van der Waals surface area contributed by atoms with E-state index in [2.05, 4.69) is 5.32 Å². The van der Waals surface area contributed by atoms with E-state index in [1.807, 2.05) is 19.9 Å². The van der Waals surface area contributed by atoms with Crippen molar-refractivity contribution in [2.75, 3.05) is 18.4 Å². The van der Waals surface area contributed by atoms with Gasteiger partial charge < -0.3 is 5.32 Å². The molecule has 0 aromatic heterocycles. The fourth-order valence-corrected chi connectivity index (χ4v) is 2.50. The van der Waals surface area contributed by atoms with Gasteiger partial charge in [0.15, 0.2) is 0 Å². The molecule has 0 saturated carbocycles. The Morgan fingerprint density at radius 2 is 1.57 bits per heavy atom. The molecule has 7 nitrogen and oxygen atoms in total. The lowest BCUT2D eigenvalue weighted by Gasteiger charge is -2.15. The molecular weight excluding hydrogens is 298 g/mol. The summed E-state index contributed by atoms with van der Waals surface area (Å²) in [6, 6.07) is 4.79. The standard InChI is InChI=1S/C16H19N3O4/c1-4-5-18-14(21)15(22)19(16(18)23)9-13(20)17-12-7-10(2)6-11(3)8-12/h6-8H,4-5,9H2,1-3H3,(H,17,20). The van der Waals surface area contributed by atoms with E-state index in [0.717, 1.165) is 16.0 Å². The first-order chi connectivity index (χ1) is 10.8. The monoisotopic (exact) mass is 317 g/mol. The number of nitrogens with one attached hydrogen (secondary N) is 1. The Morgan fingerprint density at radius 1 is 1.00 bits per heavy atom. The number of hydrogen-bond donors (Lipinski definition) is 1. The van der Waals surface area contributed by atoms with Crippen LogP contribution in [0.3, 0.4) is 0 Å². The molecular formula is C16H19N3O4. The van der Waals surface area contributed by atoms with E-state index < -0.39 is 30.3 Å². The van der Waals surface area contributed by atoms with Gasteiger partial charge in [-0.25, -0.2) is 9.69 Å². The van der Waals surface area contributed by atoms with Crippen LogP contribution in [0.25, 0.3) is 0 Å². The first-order valence-electron chi connectivity index (χ1n) is 7.39. The van der Waals surface area contributed by atoms with Gasteiger partial charge in [-0.15, -0.1) is 0 Å². The van der Waals surface area contributed by atoms with E-state index in [-0.39, 0.29) is 6.54 Å². The average Bonchev–Trinajstić information content (AvgIpc) is 2.64. The number of carbonyl (C=O) groups excluding carboxylic acids is 4. The number of hydrogen-bond acceptors (Lipinski definition) is 4. The lowest BCUT2D eigenvalue weighted by molar-refractivity contribution is -0.143. The van der Waals surface area contributed by atoms with Gasteiger partial charge in [-0.3, -0.25) is 19.3 Å². The van der Waals surface area contributed by atoms with Crippen molar-refractivity contribution in [3.63, 3.8) is 0 Å². The molecule has 1 heterocycles. The first kappa shape index (κ1) is 16.7. The number of benzene rings is 1. The molecule has 0 aliphatic carbocycles. The van der Waals surface area contributed by atoms with E-state index in [1.54, 1.807) is 19.1 Å². The van der Waals surface area contributed by atoms with Crippen molar-refractivity contribution in [2.45, 2.75) is 27.2 Å². The summed E-state index contributed by atoms with van der Waals surface area (Å²) in [6.07, 6.45) is 0.549. The number of carbonyl (C=O) groups is 4. The van der Waals surface area contributed by atoms with Crippen LogP contribution in [0.5, 0.6) is 0 Å². The Kier molecular flexibility index (Phi) is 4.78. The van der Waals surface area contributed by atoms with Crippen molar-refractivity contribution in [3.8, 4) is 0 Å². The summed E-state index contributed by atoms with van der Waals surface area (Å²) in [7, 11) is 0. The minimum atomic E-state index is -0.959. The summed E-state index contributed by atoms with van der Waals surface area (Å²) < 4.78 is 0. The molecule has 1 aromatic rings. The number of anilines is 1. The maximum absolute atomic E-state index is 12.1. The van der Waals surface area contributed by atoms with E-state index in [0.29, 0.717) is 17.0 Å². The molecule has 0 bridgehead atoms. The van der Waals surface area contributed by atoms with Crippen LogP contribution in [-0.4, -0.2) is 46.6 Å². The molecule has 23 heavy (non-hydrogen) atoms. The topological polar surface area (TPSA) is 86.8 Å². The summed E-state index contributed by atoms with van der Waals surface area (Å²) in [4.78, 5) is 49.2. The molecule has 1 saturated heterocycles. The Hall–Kier alpha value is -2.70. The molecule has 1 aromatic carbocycles. The fraction of sp³-hybridized carbons (Fsp3) is 0.375. The quantitative estimate of drug-likeness (QED) is 0.657. The third-order valence-electron chi connectivity index (χ3n) is 3.39. The fourth-order valence-electron chi connectivity index (χ4n) is 2.50. The summed E-state index contributed by atoms with van der Waals surface area (Å²) in [5.41, 5.74) is 2.55. The van der Waals surface area contributed by atoms with E-state index >= 15 is 0 Å². The third-order valence-corrected chi connectivity index (χ3v) is 3.39. The van der Waals surface area contributed by atoms with Gasteiger partial charge in [0, 0.05) is 12.2 Å². The third kappa shape index (κ3) is 3.56. The number of aryl methyl sites for hydroxylation is 2. The predicted octanol–water partition coefficient (Wildman–Crippen LogP) is 1.44. The molecule has 1 aliphatic heterocycles. The highest BCUT2D eigenvalue weighted by Crippen LogP contribution is 2.15. The van der Waals surface area contributed by atoms with Gasteiger partial charge in [0.2, 0.25) is 5.91 Å². The Morgan fingerprint density at radius 3 is 2.13 bits per heavy atom. The maximum atomic E-state index is 12.1. The van der Waals surface area contributed by atoms with E-state index in [4.69, 9.17) is 0 Å². The minimum Gasteiger partial charge on any atom is -0.325 e. The second-order valence-corrected chi connectivity index (χ2v) is 5.56. The van der Waals surface area contributed by atoms with Crippen molar-refractivity contribution in [3.05, 3.63) is 29.3 Å². The highest BCUT2D eigenvalue weighted by molar-refractivity contribution is 6.45. The van der Waals surface area contributed by atoms with Crippen molar-refractivity contribution >= 4 is 29.4 Å². The zero-order valence-corrected chi connectivity index (χ0v) is 13.4. The van der Waals surface area contributed by atoms with Gasteiger partial charge >= 0.3 is 17.8 Å². The molecule has 0 unspecified atom stereocenters. The molecule has 2 rings (SSSR count). The highest BCUT2D eigenvalue weighted by atomic mass is 16.2. The number of amides is 5. The molecule has 1 N–H and O–H groups in total. The van der Waals surface area contributed by atoms with Gasteiger partial charge in [-0.05, 0) is 43.5 Å².